The zero-order valence-corrected chi connectivity index (χ0v) is 12.9. The van der Waals surface area contributed by atoms with Crippen molar-refractivity contribution < 1.29 is 19.4 Å². The molecule has 0 aliphatic carbocycles. The van der Waals surface area contributed by atoms with Crippen LogP contribution in [0.2, 0.25) is 0 Å². The standard InChI is InChI=1S/C18H17NO4/c1-11(17(21)22)18(12-7-9-13(23-2)10-8-12)15-6-4-3-5-14(15)16(20)19-18/h3-11H,1-2H3,(H,19,20)(H,21,22). The molecule has 1 aliphatic rings. The van der Waals surface area contributed by atoms with E-state index in [0.717, 1.165) is 0 Å². The van der Waals surface area contributed by atoms with Crippen molar-refractivity contribution in [2.75, 3.05) is 7.11 Å². The second-order valence-corrected chi connectivity index (χ2v) is 5.60. The summed E-state index contributed by atoms with van der Waals surface area (Å²) < 4.78 is 5.16. The SMILES string of the molecule is COc1ccc(C2(C(C)C(=O)O)NC(=O)c3ccccc32)cc1. The van der Waals surface area contributed by atoms with Gasteiger partial charge in [-0.1, -0.05) is 30.3 Å². The minimum Gasteiger partial charge on any atom is -0.497 e. The van der Waals surface area contributed by atoms with Gasteiger partial charge in [0.25, 0.3) is 5.91 Å². The summed E-state index contributed by atoms with van der Waals surface area (Å²) in [6.07, 6.45) is 0. The molecule has 0 saturated heterocycles. The number of carboxylic acid groups (broad SMARTS) is 1. The number of benzene rings is 2. The number of nitrogens with one attached hydrogen (secondary N) is 1. The summed E-state index contributed by atoms with van der Waals surface area (Å²) in [4.78, 5) is 24.1. The first-order chi connectivity index (χ1) is 11.0. The number of methoxy groups -OCH3 is 1. The van der Waals surface area contributed by atoms with E-state index >= 15 is 0 Å². The Kier molecular flexibility index (Phi) is 3.56. The second kappa shape index (κ2) is 5.43. The van der Waals surface area contributed by atoms with Gasteiger partial charge in [0.1, 0.15) is 11.3 Å². The van der Waals surface area contributed by atoms with Gasteiger partial charge in [-0.2, -0.15) is 0 Å². The molecule has 0 fully saturated rings. The van der Waals surface area contributed by atoms with Crippen molar-refractivity contribution in [3.8, 4) is 5.75 Å². The fourth-order valence-electron chi connectivity index (χ4n) is 3.20. The topological polar surface area (TPSA) is 75.6 Å². The molecule has 5 heteroatoms. The van der Waals surface area contributed by atoms with Gasteiger partial charge in [-0.05, 0) is 36.2 Å². The molecule has 1 aliphatic heterocycles. The summed E-state index contributed by atoms with van der Waals surface area (Å²) >= 11 is 0. The molecule has 0 aromatic heterocycles. The summed E-state index contributed by atoms with van der Waals surface area (Å²) in [7, 11) is 1.57. The Morgan fingerprint density at radius 2 is 1.83 bits per heavy atom. The molecule has 3 rings (SSSR count). The van der Waals surface area contributed by atoms with E-state index in [1.54, 1.807) is 56.5 Å². The highest BCUT2D eigenvalue weighted by atomic mass is 16.5. The van der Waals surface area contributed by atoms with Crippen LogP contribution in [0.25, 0.3) is 0 Å². The van der Waals surface area contributed by atoms with Crippen LogP contribution in [-0.4, -0.2) is 24.1 Å². The maximum atomic E-state index is 12.4. The summed E-state index contributed by atoms with van der Waals surface area (Å²) in [5.41, 5.74) is 0.819. The summed E-state index contributed by atoms with van der Waals surface area (Å²) in [6, 6.07) is 14.2. The van der Waals surface area contributed by atoms with Crippen LogP contribution in [0.5, 0.6) is 5.75 Å². The number of carbonyl (C=O) groups excluding carboxylic acids is 1. The number of carbonyl (C=O) groups is 2. The molecule has 0 bridgehead atoms. The van der Waals surface area contributed by atoms with Crippen LogP contribution < -0.4 is 10.1 Å². The third-order valence-electron chi connectivity index (χ3n) is 4.47. The summed E-state index contributed by atoms with van der Waals surface area (Å²) in [6.45, 7) is 1.61. The predicted molar refractivity (Wildman–Crippen MR) is 84.5 cm³/mol. The van der Waals surface area contributed by atoms with Crippen molar-refractivity contribution in [1.29, 1.82) is 0 Å². The molecule has 2 unspecified atom stereocenters. The first-order valence-corrected chi connectivity index (χ1v) is 7.30. The first-order valence-electron chi connectivity index (χ1n) is 7.30. The molecule has 0 radical (unpaired) electrons. The van der Waals surface area contributed by atoms with Crippen molar-refractivity contribution in [2.45, 2.75) is 12.5 Å². The quantitative estimate of drug-likeness (QED) is 0.909. The third kappa shape index (κ3) is 2.16. The Hall–Kier alpha value is -2.82. The number of carboxylic acids is 1. The van der Waals surface area contributed by atoms with Crippen molar-refractivity contribution in [1.82, 2.24) is 5.32 Å². The van der Waals surface area contributed by atoms with E-state index in [1.165, 1.54) is 0 Å². The third-order valence-corrected chi connectivity index (χ3v) is 4.47. The molecule has 5 nitrogen and oxygen atoms in total. The van der Waals surface area contributed by atoms with E-state index < -0.39 is 17.4 Å². The van der Waals surface area contributed by atoms with Crippen LogP contribution in [-0.2, 0) is 10.3 Å². The Morgan fingerprint density at radius 1 is 1.17 bits per heavy atom. The van der Waals surface area contributed by atoms with E-state index in [9.17, 15) is 14.7 Å². The average Bonchev–Trinajstić information content (AvgIpc) is 2.88. The van der Waals surface area contributed by atoms with Gasteiger partial charge in [-0.3, -0.25) is 9.59 Å². The second-order valence-electron chi connectivity index (χ2n) is 5.60. The lowest BCUT2D eigenvalue weighted by Gasteiger charge is -2.35. The number of rotatable bonds is 4. The minimum atomic E-state index is -1.09. The molecule has 0 spiro atoms. The zero-order valence-electron chi connectivity index (χ0n) is 12.9. The van der Waals surface area contributed by atoms with E-state index in [0.29, 0.717) is 22.4 Å². The predicted octanol–water partition coefficient (Wildman–Crippen LogP) is 2.40. The van der Waals surface area contributed by atoms with Gasteiger partial charge in [-0.15, -0.1) is 0 Å². The summed E-state index contributed by atoms with van der Waals surface area (Å²) in [5, 5.41) is 12.5. The van der Waals surface area contributed by atoms with Crippen LogP contribution in [0, 0.1) is 5.92 Å². The number of ether oxygens (including phenoxy) is 1. The van der Waals surface area contributed by atoms with Gasteiger partial charge in [0, 0.05) is 5.56 Å². The summed E-state index contributed by atoms with van der Waals surface area (Å²) in [5.74, 6) is -1.39. The van der Waals surface area contributed by atoms with Crippen LogP contribution in [0.15, 0.2) is 48.5 Å². The number of fused-ring (bicyclic) bond motifs is 1. The van der Waals surface area contributed by atoms with Crippen molar-refractivity contribution >= 4 is 11.9 Å². The lowest BCUT2D eigenvalue weighted by molar-refractivity contribution is -0.143. The van der Waals surface area contributed by atoms with Crippen LogP contribution >= 0.6 is 0 Å². The lowest BCUT2D eigenvalue weighted by Crippen LogP contribution is -2.48. The van der Waals surface area contributed by atoms with E-state index in [4.69, 9.17) is 4.74 Å². The largest absolute Gasteiger partial charge is 0.497 e. The lowest BCUT2D eigenvalue weighted by atomic mass is 9.74. The molecule has 2 aromatic carbocycles. The fraction of sp³-hybridized carbons (Fsp3) is 0.222. The smallest absolute Gasteiger partial charge is 0.309 e. The zero-order chi connectivity index (χ0) is 16.6. The van der Waals surface area contributed by atoms with Crippen LogP contribution in [0.1, 0.15) is 28.4 Å². The van der Waals surface area contributed by atoms with Gasteiger partial charge in [-0.25, -0.2) is 0 Å². The maximum absolute atomic E-state index is 12.4. The van der Waals surface area contributed by atoms with E-state index in [2.05, 4.69) is 5.32 Å². The van der Waals surface area contributed by atoms with Crippen molar-refractivity contribution in [2.24, 2.45) is 5.92 Å². The van der Waals surface area contributed by atoms with Gasteiger partial charge in [0.15, 0.2) is 0 Å². The number of amides is 1. The van der Waals surface area contributed by atoms with Crippen molar-refractivity contribution in [3.05, 3.63) is 65.2 Å². The fourth-order valence-corrected chi connectivity index (χ4v) is 3.20. The molecule has 0 saturated carbocycles. The molecule has 118 valence electrons. The highest BCUT2D eigenvalue weighted by Gasteiger charge is 2.50. The van der Waals surface area contributed by atoms with Gasteiger partial charge >= 0.3 is 5.97 Å². The maximum Gasteiger partial charge on any atom is 0.309 e. The molecule has 1 amide bonds. The highest BCUT2D eigenvalue weighted by Crippen LogP contribution is 2.43. The molecule has 1 heterocycles. The monoisotopic (exact) mass is 311 g/mol. The Balaban J connectivity index is 2.25. The normalized spacial score (nSPS) is 20.5. The number of aliphatic carboxylic acids is 1. The Labute approximate surface area is 133 Å². The Bertz CT molecular complexity index is 769. The highest BCUT2D eigenvalue weighted by molar-refractivity contribution is 6.01. The molecular weight excluding hydrogens is 294 g/mol. The van der Waals surface area contributed by atoms with Gasteiger partial charge in [0.05, 0.1) is 13.0 Å². The molecular formula is C18H17NO4. The molecule has 2 aromatic rings. The average molecular weight is 311 g/mol. The minimum absolute atomic E-state index is 0.260. The van der Waals surface area contributed by atoms with Crippen LogP contribution in [0.4, 0.5) is 0 Å². The molecule has 23 heavy (non-hydrogen) atoms. The number of hydrogen-bond donors (Lipinski definition) is 2. The first kappa shape index (κ1) is 15.1. The van der Waals surface area contributed by atoms with Gasteiger partial charge in [0.2, 0.25) is 0 Å². The molecule has 2 N–H and O–H groups in total. The van der Waals surface area contributed by atoms with Crippen molar-refractivity contribution in [3.63, 3.8) is 0 Å². The number of hydrogen-bond acceptors (Lipinski definition) is 3. The van der Waals surface area contributed by atoms with Crippen LogP contribution in [0.3, 0.4) is 0 Å². The van der Waals surface area contributed by atoms with E-state index in [1.807, 2.05) is 6.07 Å². The molecule has 2 atom stereocenters. The van der Waals surface area contributed by atoms with E-state index in [-0.39, 0.29) is 5.91 Å². The van der Waals surface area contributed by atoms with Gasteiger partial charge < -0.3 is 15.2 Å². The Morgan fingerprint density at radius 3 is 2.43 bits per heavy atom.